The number of benzene rings is 1. The van der Waals surface area contributed by atoms with Gasteiger partial charge in [0, 0.05) is 25.6 Å². The molecule has 0 radical (unpaired) electrons. The van der Waals surface area contributed by atoms with Crippen LogP contribution in [-0.2, 0) is 20.7 Å². The Kier molecular flexibility index (Phi) is 6.04. The summed E-state index contributed by atoms with van der Waals surface area (Å²) in [7, 11) is 0. The van der Waals surface area contributed by atoms with E-state index in [2.05, 4.69) is 5.32 Å². The van der Waals surface area contributed by atoms with Gasteiger partial charge in [-0.05, 0) is 37.8 Å². The Labute approximate surface area is 141 Å². The molecule has 1 fully saturated rings. The van der Waals surface area contributed by atoms with Crippen molar-refractivity contribution < 1.29 is 29.6 Å². The average molecular weight is 339 g/mol. The van der Waals surface area contributed by atoms with Crippen molar-refractivity contribution >= 4 is 5.91 Å². The Balaban J connectivity index is 1.80. The van der Waals surface area contributed by atoms with Crippen LogP contribution >= 0.6 is 0 Å². The summed E-state index contributed by atoms with van der Waals surface area (Å²) in [5.74, 6) is -1.22. The van der Waals surface area contributed by atoms with Gasteiger partial charge in [-0.1, -0.05) is 6.07 Å². The van der Waals surface area contributed by atoms with Crippen molar-refractivity contribution in [1.29, 1.82) is 0 Å². The highest BCUT2D eigenvalue weighted by molar-refractivity contribution is 5.76. The van der Waals surface area contributed by atoms with Crippen molar-refractivity contribution in [3.05, 3.63) is 23.8 Å². The zero-order chi connectivity index (χ0) is 17.7. The van der Waals surface area contributed by atoms with Gasteiger partial charge in [0.25, 0.3) is 0 Å². The van der Waals surface area contributed by atoms with Gasteiger partial charge in [-0.25, -0.2) is 0 Å². The number of aromatic hydroxyl groups is 2. The molecular formula is C17H25NO6. The normalized spacial score (nSPS) is 20.7. The topological polar surface area (TPSA) is 108 Å². The second kappa shape index (κ2) is 7.83. The number of phenolic OH excluding ortho intramolecular Hbond substituents is 2. The molecule has 0 spiro atoms. The second-order valence-electron chi connectivity index (χ2n) is 6.52. The van der Waals surface area contributed by atoms with Crippen molar-refractivity contribution in [3.8, 4) is 11.5 Å². The quantitative estimate of drug-likeness (QED) is 0.588. The molecule has 0 saturated carbocycles. The lowest BCUT2D eigenvalue weighted by atomic mass is 9.96. The van der Waals surface area contributed by atoms with Crippen LogP contribution in [0.2, 0.25) is 0 Å². The molecule has 7 nitrogen and oxygen atoms in total. The fourth-order valence-electron chi connectivity index (χ4n) is 2.66. The number of phenols is 2. The van der Waals surface area contributed by atoms with E-state index in [0.717, 1.165) is 0 Å². The molecule has 1 heterocycles. The molecule has 2 atom stereocenters. The van der Waals surface area contributed by atoms with E-state index >= 15 is 0 Å². The molecule has 2 unspecified atom stereocenters. The van der Waals surface area contributed by atoms with Crippen LogP contribution in [0.4, 0.5) is 0 Å². The van der Waals surface area contributed by atoms with Gasteiger partial charge in [-0.2, -0.15) is 0 Å². The number of carbonyl (C=O) groups excluding carboxylic acids is 1. The number of nitrogens with one attached hydrogen (secondary N) is 1. The Hall–Kier alpha value is -1.83. The van der Waals surface area contributed by atoms with Gasteiger partial charge in [-0.15, -0.1) is 0 Å². The summed E-state index contributed by atoms with van der Waals surface area (Å²) < 4.78 is 11.0. The molecule has 134 valence electrons. The predicted octanol–water partition coefficient (Wildman–Crippen LogP) is 0.907. The van der Waals surface area contributed by atoms with E-state index in [1.165, 1.54) is 12.1 Å². The largest absolute Gasteiger partial charge is 0.508 e. The van der Waals surface area contributed by atoms with Crippen molar-refractivity contribution in [2.24, 2.45) is 5.92 Å². The maximum Gasteiger partial charge on any atom is 0.220 e. The molecule has 0 aliphatic carbocycles. The van der Waals surface area contributed by atoms with E-state index in [0.29, 0.717) is 25.1 Å². The molecule has 4 N–H and O–H groups in total. The molecular weight excluding hydrogens is 314 g/mol. The maximum absolute atomic E-state index is 12.0. The zero-order valence-electron chi connectivity index (χ0n) is 14.0. The Morgan fingerprint density at radius 3 is 2.75 bits per heavy atom. The first kappa shape index (κ1) is 18.5. The van der Waals surface area contributed by atoms with Crippen LogP contribution in [0.5, 0.6) is 11.5 Å². The van der Waals surface area contributed by atoms with E-state index in [-0.39, 0.29) is 42.5 Å². The Bertz CT molecular complexity index is 574. The fraction of sp³-hybridized carbons (Fsp3) is 0.588. The minimum Gasteiger partial charge on any atom is -0.508 e. The molecule has 1 aromatic rings. The minimum atomic E-state index is -0.626. The number of ether oxygens (including phenoxy) is 2. The Morgan fingerprint density at radius 2 is 2.17 bits per heavy atom. The Morgan fingerprint density at radius 1 is 1.42 bits per heavy atom. The molecule has 0 bridgehead atoms. The summed E-state index contributed by atoms with van der Waals surface area (Å²) in [6, 6.07) is 4.28. The average Bonchev–Trinajstić information content (AvgIpc) is 2.86. The summed E-state index contributed by atoms with van der Waals surface area (Å²) in [6.07, 6.45) is 0.289. The van der Waals surface area contributed by atoms with Crippen LogP contribution in [0.15, 0.2) is 18.2 Å². The van der Waals surface area contributed by atoms with Gasteiger partial charge in [0.2, 0.25) is 5.91 Å². The molecule has 1 amide bonds. The monoisotopic (exact) mass is 339 g/mol. The zero-order valence-corrected chi connectivity index (χ0v) is 14.0. The van der Waals surface area contributed by atoms with Gasteiger partial charge < -0.3 is 30.1 Å². The highest BCUT2D eigenvalue weighted by atomic mass is 16.7. The van der Waals surface area contributed by atoms with Crippen LogP contribution in [0.25, 0.3) is 0 Å². The van der Waals surface area contributed by atoms with Crippen LogP contribution < -0.4 is 5.32 Å². The minimum absolute atomic E-state index is 0.0313. The molecule has 24 heavy (non-hydrogen) atoms. The summed E-state index contributed by atoms with van der Waals surface area (Å²) in [6.45, 7) is 4.24. The third-order valence-electron chi connectivity index (χ3n) is 3.90. The first-order chi connectivity index (χ1) is 11.3. The first-order valence-corrected chi connectivity index (χ1v) is 7.99. The molecule has 1 aliphatic heterocycles. The van der Waals surface area contributed by atoms with E-state index in [1.807, 2.05) is 13.8 Å². The molecule has 2 rings (SSSR count). The summed E-state index contributed by atoms with van der Waals surface area (Å²) in [5.41, 5.74) is 0.578. The van der Waals surface area contributed by atoms with Gasteiger partial charge in [-0.3, -0.25) is 4.79 Å². The standard InChI is InChI=1S/C17H25NO6/c1-17(2)23-10-14(24-17)8-18-16(22)6-11(9-19)5-12-3-4-13(20)7-15(12)21/h3-4,7,11,14,19-21H,5-6,8-10H2,1-2H3,(H,18,22). The van der Waals surface area contributed by atoms with Gasteiger partial charge in [0.1, 0.15) is 17.6 Å². The number of aliphatic hydroxyl groups is 1. The van der Waals surface area contributed by atoms with Gasteiger partial charge in [0.05, 0.1) is 6.61 Å². The van der Waals surface area contributed by atoms with E-state index in [1.54, 1.807) is 6.07 Å². The number of aliphatic hydroxyl groups excluding tert-OH is 1. The predicted molar refractivity (Wildman–Crippen MR) is 86.6 cm³/mol. The number of hydrogen-bond donors (Lipinski definition) is 4. The lowest BCUT2D eigenvalue weighted by Crippen LogP contribution is -2.35. The maximum atomic E-state index is 12.0. The van der Waals surface area contributed by atoms with Crippen LogP contribution in [0.3, 0.4) is 0 Å². The number of hydrogen-bond acceptors (Lipinski definition) is 6. The van der Waals surface area contributed by atoms with E-state index in [9.17, 15) is 20.1 Å². The van der Waals surface area contributed by atoms with E-state index in [4.69, 9.17) is 9.47 Å². The number of rotatable bonds is 7. The molecule has 1 aliphatic rings. The second-order valence-corrected chi connectivity index (χ2v) is 6.52. The highest BCUT2D eigenvalue weighted by Gasteiger charge is 2.32. The number of amides is 1. The molecule has 0 aromatic heterocycles. The van der Waals surface area contributed by atoms with Crippen molar-refractivity contribution in [1.82, 2.24) is 5.32 Å². The third kappa shape index (κ3) is 5.36. The lowest BCUT2D eigenvalue weighted by molar-refractivity contribution is -0.139. The van der Waals surface area contributed by atoms with Gasteiger partial charge >= 0.3 is 0 Å². The van der Waals surface area contributed by atoms with Crippen molar-refractivity contribution in [3.63, 3.8) is 0 Å². The lowest BCUT2D eigenvalue weighted by Gasteiger charge is -2.18. The SMILES string of the molecule is CC1(C)OCC(CNC(=O)CC(CO)Cc2ccc(O)cc2O)O1. The summed E-state index contributed by atoms with van der Waals surface area (Å²) in [5, 5.41) is 31.3. The summed E-state index contributed by atoms with van der Waals surface area (Å²) >= 11 is 0. The van der Waals surface area contributed by atoms with Crippen molar-refractivity contribution in [2.45, 2.75) is 38.6 Å². The summed E-state index contributed by atoms with van der Waals surface area (Å²) in [4.78, 5) is 12.0. The first-order valence-electron chi connectivity index (χ1n) is 7.99. The molecule has 1 saturated heterocycles. The number of carbonyl (C=O) groups is 1. The highest BCUT2D eigenvalue weighted by Crippen LogP contribution is 2.26. The van der Waals surface area contributed by atoms with Gasteiger partial charge in [0.15, 0.2) is 5.79 Å². The van der Waals surface area contributed by atoms with Crippen LogP contribution in [0, 0.1) is 5.92 Å². The smallest absolute Gasteiger partial charge is 0.220 e. The molecule has 7 heteroatoms. The fourth-order valence-corrected chi connectivity index (χ4v) is 2.66. The van der Waals surface area contributed by atoms with Crippen molar-refractivity contribution in [2.75, 3.05) is 19.8 Å². The third-order valence-corrected chi connectivity index (χ3v) is 3.90. The van der Waals surface area contributed by atoms with Crippen LogP contribution in [0.1, 0.15) is 25.8 Å². The van der Waals surface area contributed by atoms with Crippen LogP contribution in [-0.4, -0.2) is 52.9 Å². The molecule has 1 aromatic carbocycles. The van der Waals surface area contributed by atoms with E-state index < -0.39 is 5.79 Å².